The summed E-state index contributed by atoms with van der Waals surface area (Å²) in [4.78, 5) is 18.1. The molecule has 1 aliphatic heterocycles. The lowest BCUT2D eigenvalue weighted by Gasteiger charge is -2.31. The molecule has 1 fully saturated rings. The number of hydrogen-bond acceptors (Lipinski definition) is 4. The lowest BCUT2D eigenvalue weighted by molar-refractivity contribution is -0.134. The second-order valence-corrected chi connectivity index (χ2v) is 3.07. The molecule has 0 radical (unpaired) electrons. The molecule has 0 aliphatic carbocycles. The van der Waals surface area contributed by atoms with Crippen LogP contribution in [0.15, 0.2) is 0 Å². The number of rotatable bonds is 3. The molecular weight excluding hydrogens is 170 g/mol. The molecule has 0 aromatic rings. The maximum absolute atomic E-state index is 11.3. The molecule has 0 aromatic carbocycles. The number of hydrogen-bond donors (Lipinski definition) is 2. The Kier molecular flexibility index (Phi) is 4.14. The average Bonchev–Trinajstić information content (AvgIpc) is 2.18. The van der Waals surface area contributed by atoms with Gasteiger partial charge in [0.2, 0.25) is 0 Å². The van der Waals surface area contributed by atoms with E-state index in [-0.39, 0.29) is 11.9 Å². The van der Waals surface area contributed by atoms with E-state index in [0.717, 1.165) is 26.2 Å². The minimum atomic E-state index is -0.145. The van der Waals surface area contributed by atoms with E-state index in [1.54, 1.807) is 0 Å². The van der Waals surface area contributed by atoms with Crippen molar-refractivity contribution in [3.8, 4) is 0 Å². The summed E-state index contributed by atoms with van der Waals surface area (Å²) in [6.45, 7) is 5.70. The molecule has 2 N–H and O–H groups in total. The second kappa shape index (κ2) is 5.16. The molecule has 1 saturated heterocycles. The van der Waals surface area contributed by atoms with Crippen molar-refractivity contribution in [2.24, 2.45) is 0 Å². The Morgan fingerprint density at radius 3 is 3.15 bits per heavy atom. The van der Waals surface area contributed by atoms with Gasteiger partial charge in [-0.1, -0.05) is 6.92 Å². The van der Waals surface area contributed by atoms with Gasteiger partial charge in [0, 0.05) is 19.6 Å². The Hall–Kier alpha value is -0.650. The Morgan fingerprint density at radius 2 is 2.54 bits per heavy atom. The number of piperazine rings is 1. The number of hydroxylamine groups is 1. The van der Waals surface area contributed by atoms with E-state index in [1.165, 1.54) is 7.11 Å². The topological polar surface area (TPSA) is 53.6 Å². The van der Waals surface area contributed by atoms with Gasteiger partial charge in [0.1, 0.15) is 6.04 Å². The molecule has 1 rings (SSSR count). The van der Waals surface area contributed by atoms with Gasteiger partial charge in [-0.25, -0.2) is 5.48 Å². The van der Waals surface area contributed by atoms with E-state index in [4.69, 9.17) is 0 Å². The molecule has 1 amide bonds. The van der Waals surface area contributed by atoms with E-state index < -0.39 is 0 Å². The summed E-state index contributed by atoms with van der Waals surface area (Å²) in [6, 6.07) is -0.145. The van der Waals surface area contributed by atoms with E-state index in [1.807, 2.05) is 0 Å². The lowest BCUT2D eigenvalue weighted by Crippen LogP contribution is -2.56. The third-order valence-electron chi connectivity index (χ3n) is 2.23. The van der Waals surface area contributed by atoms with Crippen LogP contribution in [0.25, 0.3) is 0 Å². The van der Waals surface area contributed by atoms with Gasteiger partial charge in [-0.05, 0) is 6.54 Å². The highest BCUT2D eigenvalue weighted by molar-refractivity contribution is 5.81. The summed E-state index contributed by atoms with van der Waals surface area (Å²) < 4.78 is 0. The monoisotopic (exact) mass is 187 g/mol. The Morgan fingerprint density at radius 1 is 1.77 bits per heavy atom. The summed E-state index contributed by atoms with van der Waals surface area (Å²) in [6.07, 6.45) is 0. The molecule has 1 unspecified atom stereocenters. The number of amides is 1. The van der Waals surface area contributed by atoms with Gasteiger partial charge in [-0.3, -0.25) is 9.63 Å². The molecule has 0 bridgehead atoms. The molecule has 1 heterocycles. The van der Waals surface area contributed by atoms with Crippen LogP contribution in [-0.4, -0.2) is 50.1 Å². The normalized spacial score (nSPS) is 24.3. The van der Waals surface area contributed by atoms with Gasteiger partial charge in [0.15, 0.2) is 0 Å². The van der Waals surface area contributed by atoms with Crippen molar-refractivity contribution in [2.75, 3.05) is 33.3 Å². The summed E-state index contributed by atoms with van der Waals surface area (Å²) in [5, 5.41) is 3.13. The van der Waals surface area contributed by atoms with Crippen molar-refractivity contribution in [2.45, 2.75) is 13.0 Å². The van der Waals surface area contributed by atoms with Crippen LogP contribution in [0.4, 0.5) is 0 Å². The van der Waals surface area contributed by atoms with Crippen molar-refractivity contribution in [3.63, 3.8) is 0 Å². The first kappa shape index (κ1) is 10.4. The van der Waals surface area contributed by atoms with Crippen LogP contribution < -0.4 is 10.8 Å². The van der Waals surface area contributed by atoms with Gasteiger partial charge in [-0.2, -0.15) is 0 Å². The summed E-state index contributed by atoms with van der Waals surface area (Å²) in [5.41, 5.74) is 2.33. The standard InChI is InChI=1S/C8H17N3O2/c1-3-11-5-4-9-7(6-11)8(12)10-13-2/h7,9H,3-6H2,1-2H3,(H,10,12). The predicted molar refractivity (Wildman–Crippen MR) is 49.1 cm³/mol. The van der Waals surface area contributed by atoms with Crippen molar-refractivity contribution in [1.29, 1.82) is 0 Å². The highest BCUT2D eigenvalue weighted by Gasteiger charge is 2.23. The molecule has 5 heteroatoms. The molecule has 1 aliphatic rings. The minimum Gasteiger partial charge on any atom is -0.303 e. The van der Waals surface area contributed by atoms with E-state index in [0.29, 0.717) is 0 Å². The number of nitrogens with zero attached hydrogens (tertiary/aromatic N) is 1. The van der Waals surface area contributed by atoms with Gasteiger partial charge in [-0.15, -0.1) is 0 Å². The van der Waals surface area contributed by atoms with Crippen LogP contribution in [0.3, 0.4) is 0 Å². The van der Waals surface area contributed by atoms with Crippen LogP contribution in [0.2, 0.25) is 0 Å². The smallest absolute Gasteiger partial charge is 0.261 e. The molecule has 76 valence electrons. The first-order valence-electron chi connectivity index (χ1n) is 4.56. The van der Waals surface area contributed by atoms with E-state index >= 15 is 0 Å². The second-order valence-electron chi connectivity index (χ2n) is 3.07. The first-order chi connectivity index (χ1) is 6.27. The van der Waals surface area contributed by atoms with E-state index in [9.17, 15) is 4.79 Å². The van der Waals surface area contributed by atoms with Crippen molar-refractivity contribution >= 4 is 5.91 Å². The summed E-state index contributed by atoms with van der Waals surface area (Å²) in [7, 11) is 1.44. The fraction of sp³-hybridized carbons (Fsp3) is 0.875. The molecule has 0 spiro atoms. The van der Waals surface area contributed by atoms with Gasteiger partial charge >= 0.3 is 0 Å². The third kappa shape index (κ3) is 2.95. The van der Waals surface area contributed by atoms with E-state index in [2.05, 4.69) is 27.5 Å². The van der Waals surface area contributed by atoms with Crippen LogP contribution in [-0.2, 0) is 9.63 Å². The molecule has 1 atom stereocenters. The van der Waals surface area contributed by atoms with Gasteiger partial charge < -0.3 is 10.2 Å². The zero-order valence-electron chi connectivity index (χ0n) is 8.17. The number of carbonyl (C=O) groups excluding carboxylic acids is 1. The molecule has 5 nitrogen and oxygen atoms in total. The molecule has 0 saturated carbocycles. The van der Waals surface area contributed by atoms with Crippen molar-refractivity contribution < 1.29 is 9.63 Å². The predicted octanol–water partition coefficient (Wildman–Crippen LogP) is -1.04. The molecular formula is C8H17N3O2. The number of likely N-dealkylation sites (N-methyl/N-ethyl adjacent to an activating group) is 1. The highest BCUT2D eigenvalue weighted by atomic mass is 16.6. The largest absolute Gasteiger partial charge is 0.303 e. The van der Waals surface area contributed by atoms with Gasteiger partial charge in [0.05, 0.1) is 7.11 Å². The quantitative estimate of drug-likeness (QED) is 0.554. The highest BCUT2D eigenvalue weighted by Crippen LogP contribution is 1.98. The van der Waals surface area contributed by atoms with Crippen LogP contribution >= 0.6 is 0 Å². The van der Waals surface area contributed by atoms with Gasteiger partial charge in [0.25, 0.3) is 5.91 Å². The van der Waals surface area contributed by atoms with Crippen LogP contribution in [0.5, 0.6) is 0 Å². The Balaban J connectivity index is 2.37. The SMILES string of the molecule is CCN1CCNC(C(=O)NOC)C1. The number of carbonyl (C=O) groups is 1. The fourth-order valence-electron chi connectivity index (χ4n) is 1.45. The fourth-order valence-corrected chi connectivity index (χ4v) is 1.45. The summed E-state index contributed by atoms with van der Waals surface area (Å²) in [5.74, 6) is -0.0966. The molecule has 0 aromatic heterocycles. The Labute approximate surface area is 78.4 Å². The maximum Gasteiger partial charge on any atom is 0.261 e. The zero-order chi connectivity index (χ0) is 9.68. The molecule has 13 heavy (non-hydrogen) atoms. The minimum absolute atomic E-state index is 0.0966. The lowest BCUT2D eigenvalue weighted by atomic mass is 10.2. The third-order valence-corrected chi connectivity index (χ3v) is 2.23. The maximum atomic E-state index is 11.3. The Bertz CT molecular complexity index is 175. The zero-order valence-corrected chi connectivity index (χ0v) is 8.17. The van der Waals surface area contributed by atoms with Crippen LogP contribution in [0, 0.1) is 0 Å². The first-order valence-corrected chi connectivity index (χ1v) is 4.56. The average molecular weight is 187 g/mol. The summed E-state index contributed by atoms with van der Waals surface area (Å²) >= 11 is 0. The number of nitrogens with one attached hydrogen (secondary N) is 2. The van der Waals surface area contributed by atoms with Crippen LogP contribution in [0.1, 0.15) is 6.92 Å². The van der Waals surface area contributed by atoms with Crippen molar-refractivity contribution in [3.05, 3.63) is 0 Å². The van der Waals surface area contributed by atoms with Crippen molar-refractivity contribution in [1.82, 2.24) is 15.7 Å².